The maximum absolute atomic E-state index is 12.5. The molecule has 9 heteroatoms. The van der Waals surface area contributed by atoms with Crippen LogP contribution in [0, 0.1) is 0 Å². The summed E-state index contributed by atoms with van der Waals surface area (Å²) in [5.41, 5.74) is 0.557. The number of anilines is 2. The van der Waals surface area contributed by atoms with Crippen LogP contribution in [0.25, 0.3) is 0 Å². The fraction of sp³-hybridized carbons (Fsp3) is 0.389. The van der Waals surface area contributed by atoms with Gasteiger partial charge in [0.05, 0.1) is 6.54 Å². The molecule has 3 N–H and O–H groups in total. The van der Waals surface area contributed by atoms with Crippen molar-refractivity contribution in [3.63, 3.8) is 0 Å². The maximum Gasteiger partial charge on any atom is 0.279 e. The van der Waals surface area contributed by atoms with E-state index in [1.807, 2.05) is 0 Å². The lowest BCUT2D eigenvalue weighted by atomic mass is 10.1. The number of piperidine rings is 1. The summed E-state index contributed by atoms with van der Waals surface area (Å²) in [5.74, 6) is -0.676. The highest BCUT2D eigenvalue weighted by molar-refractivity contribution is 6.03. The van der Waals surface area contributed by atoms with Gasteiger partial charge in [-0.2, -0.15) is 5.10 Å². The van der Waals surface area contributed by atoms with Crippen LogP contribution in [0.3, 0.4) is 0 Å². The third-order valence-electron chi connectivity index (χ3n) is 4.31. The number of alkyl halides is 2. The molecule has 3 rings (SSSR count). The van der Waals surface area contributed by atoms with Gasteiger partial charge in [-0.25, -0.2) is 8.78 Å². The van der Waals surface area contributed by atoms with Crippen molar-refractivity contribution in [2.24, 2.45) is 0 Å². The summed E-state index contributed by atoms with van der Waals surface area (Å²) in [6.45, 7) is 2.25. The van der Waals surface area contributed by atoms with Crippen LogP contribution >= 0.6 is 0 Å². The number of carbonyl (C=O) groups is 2. The second kappa shape index (κ2) is 8.72. The van der Waals surface area contributed by atoms with Gasteiger partial charge in [0.1, 0.15) is 5.69 Å². The number of hydrogen-bond acceptors (Lipinski definition) is 4. The van der Waals surface area contributed by atoms with Gasteiger partial charge in [0.15, 0.2) is 5.69 Å². The van der Waals surface area contributed by atoms with Gasteiger partial charge in [-0.1, -0.05) is 6.42 Å². The lowest BCUT2D eigenvalue weighted by Gasteiger charge is -2.25. The number of halogens is 2. The number of aromatic nitrogens is 2. The summed E-state index contributed by atoms with van der Waals surface area (Å²) in [5, 5.41) is 11.1. The van der Waals surface area contributed by atoms with E-state index in [-0.39, 0.29) is 11.6 Å². The van der Waals surface area contributed by atoms with E-state index in [1.54, 1.807) is 24.3 Å². The van der Waals surface area contributed by atoms with Crippen molar-refractivity contribution in [1.82, 2.24) is 15.1 Å². The van der Waals surface area contributed by atoms with Crippen LogP contribution < -0.4 is 10.6 Å². The van der Waals surface area contributed by atoms with Crippen LogP contribution in [0.5, 0.6) is 0 Å². The molecule has 27 heavy (non-hydrogen) atoms. The topological polar surface area (TPSA) is 90.1 Å². The average Bonchev–Trinajstić information content (AvgIpc) is 3.15. The fourth-order valence-corrected chi connectivity index (χ4v) is 2.92. The molecule has 0 radical (unpaired) electrons. The third-order valence-corrected chi connectivity index (χ3v) is 4.31. The number of hydrogen-bond donors (Lipinski definition) is 3. The molecule has 0 spiro atoms. The number of H-pyrrole nitrogens is 1. The lowest BCUT2D eigenvalue weighted by Crippen LogP contribution is -2.36. The van der Waals surface area contributed by atoms with E-state index < -0.39 is 18.0 Å². The van der Waals surface area contributed by atoms with Crippen molar-refractivity contribution >= 4 is 23.2 Å². The van der Waals surface area contributed by atoms with Crippen LogP contribution in [0.15, 0.2) is 30.3 Å². The van der Waals surface area contributed by atoms with E-state index >= 15 is 0 Å². The van der Waals surface area contributed by atoms with Gasteiger partial charge in [0.25, 0.3) is 12.3 Å². The first-order valence-electron chi connectivity index (χ1n) is 8.78. The molecule has 0 bridgehead atoms. The second-order valence-electron chi connectivity index (χ2n) is 6.43. The molecular formula is C18H21F2N5O2. The van der Waals surface area contributed by atoms with Gasteiger partial charge in [-0.05, 0) is 56.3 Å². The van der Waals surface area contributed by atoms with E-state index in [0.717, 1.165) is 32.0 Å². The monoisotopic (exact) mass is 377 g/mol. The van der Waals surface area contributed by atoms with Crippen LogP contribution in [-0.4, -0.2) is 46.5 Å². The number of nitrogens with one attached hydrogen (secondary N) is 3. The van der Waals surface area contributed by atoms with Crippen molar-refractivity contribution in [1.29, 1.82) is 0 Å². The first kappa shape index (κ1) is 19.0. The number of nitrogens with zero attached hydrogens (tertiary/aromatic N) is 2. The van der Waals surface area contributed by atoms with Crippen LogP contribution in [0.4, 0.5) is 20.2 Å². The highest BCUT2D eigenvalue weighted by Gasteiger charge is 2.16. The SMILES string of the molecule is O=C(CN1CCCCC1)Nc1ccc(NC(=O)c2cc(C(F)F)[nH]n2)cc1. The molecule has 2 heterocycles. The van der Waals surface area contributed by atoms with Gasteiger partial charge >= 0.3 is 0 Å². The summed E-state index contributed by atoms with van der Waals surface area (Å²) in [4.78, 5) is 26.2. The van der Waals surface area contributed by atoms with Gasteiger partial charge in [-0.3, -0.25) is 19.6 Å². The zero-order chi connectivity index (χ0) is 19.2. The smallest absolute Gasteiger partial charge is 0.279 e. The average molecular weight is 377 g/mol. The van der Waals surface area contributed by atoms with E-state index in [9.17, 15) is 18.4 Å². The van der Waals surface area contributed by atoms with Crippen molar-refractivity contribution in [3.05, 3.63) is 41.7 Å². The Hall–Kier alpha value is -2.81. The Morgan fingerprint density at radius 1 is 1.07 bits per heavy atom. The lowest BCUT2D eigenvalue weighted by molar-refractivity contribution is -0.117. The minimum atomic E-state index is -2.72. The molecule has 144 valence electrons. The quantitative estimate of drug-likeness (QED) is 0.722. The molecule has 1 aliphatic heterocycles. The first-order chi connectivity index (χ1) is 13.0. The van der Waals surface area contributed by atoms with E-state index in [0.29, 0.717) is 17.9 Å². The Balaban J connectivity index is 1.51. The number of benzene rings is 1. The molecule has 2 aromatic rings. The van der Waals surface area contributed by atoms with Crippen LogP contribution in [0.1, 0.15) is 41.9 Å². The summed E-state index contributed by atoms with van der Waals surface area (Å²) in [6, 6.07) is 7.58. The maximum atomic E-state index is 12.5. The number of likely N-dealkylation sites (tertiary alicyclic amines) is 1. The van der Waals surface area contributed by atoms with Gasteiger partial charge in [0, 0.05) is 11.4 Å². The molecule has 1 fully saturated rings. The molecule has 0 atom stereocenters. The number of aromatic amines is 1. The minimum absolute atomic E-state index is 0.0789. The molecule has 0 saturated carbocycles. The molecule has 1 aromatic carbocycles. The fourth-order valence-electron chi connectivity index (χ4n) is 2.92. The molecule has 2 amide bonds. The number of amides is 2. The van der Waals surface area contributed by atoms with E-state index in [1.165, 1.54) is 6.42 Å². The highest BCUT2D eigenvalue weighted by atomic mass is 19.3. The molecule has 1 saturated heterocycles. The molecule has 0 aliphatic carbocycles. The normalized spacial score (nSPS) is 14.9. The standard InChI is InChI=1S/C18H21F2N5O2/c19-17(20)14-10-15(24-23-14)18(27)22-13-6-4-12(5-7-13)21-16(26)11-25-8-2-1-3-9-25/h4-7,10,17H,1-3,8-9,11H2,(H,21,26)(H,22,27)(H,23,24). The number of carbonyl (C=O) groups excluding carboxylic acids is 2. The summed E-state index contributed by atoms with van der Waals surface area (Å²) < 4.78 is 25.1. The van der Waals surface area contributed by atoms with Gasteiger partial charge < -0.3 is 10.6 Å². The Morgan fingerprint density at radius 2 is 1.70 bits per heavy atom. The van der Waals surface area contributed by atoms with Crippen molar-refractivity contribution in [2.75, 3.05) is 30.3 Å². The summed E-state index contributed by atoms with van der Waals surface area (Å²) in [7, 11) is 0. The highest BCUT2D eigenvalue weighted by Crippen LogP contribution is 2.18. The zero-order valence-electron chi connectivity index (χ0n) is 14.7. The Kier molecular flexibility index (Phi) is 6.12. The van der Waals surface area contributed by atoms with Gasteiger partial charge in [-0.15, -0.1) is 0 Å². The van der Waals surface area contributed by atoms with Crippen LogP contribution in [-0.2, 0) is 4.79 Å². The Morgan fingerprint density at radius 3 is 2.30 bits per heavy atom. The minimum Gasteiger partial charge on any atom is -0.325 e. The summed E-state index contributed by atoms with van der Waals surface area (Å²) in [6.07, 6.45) is 0.742. The third kappa shape index (κ3) is 5.33. The molecule has 1 aromatic heterocycles. The van der Waals surface area contributed by atoms with Gasteiger partial charge in [0.2, 0.25) is 5.91 Å². The Labute approximate surface area is 155 Å². The van der Waals surface area contributed by atoms with E-state index in [4.69, 9.17) is 0 Å². The molecule has 7 nitrogen and oxygen atoms in total. The summed E-state index contributed by atoms with van der Waals surface area (Å²) >= 11 is 0. The van der Waals surface area contributed by atoms with Crippen molar-refractivity contribution < 1.29 is 18.4 Å². The van der Waals surface area contributed by atoms with Crippen LogP contribution in [0.2, 0.25) is 0 Å². The zero-order valence-corrected chi connectivity index (χ0v) is 14.7. The van der Waals surface area contributed by atoms with Crippen molar-refractivity contribution in [2.45, 2.75) is 25.7 Å². The first-order valence-corrected chi connectivity index (χ1v) is 8.78. The Bertz CT molecular complexity index is 785. The molecular weight excluding hydrogens is 356 g/mol. The largest absolute Gasteiger partial charge is 0.325 e. The predicted octanol–water partition coefficient (Wildman–Crippen LogP) is 3.02. The predicted molar refractivity (Wildman–Crippen MR) is 96.9 cm³/mol. The number of rotatable bonds is 6. The molecule has 1 aliphatic rings. The van der Waals surface area contributed by atoms with E-state index in [2.05, 4.69) is 25.7 Å². The van der Waals surface area contributed by atoms with Crippen molar-refractivity contribution in [3.8, 4) is 0 Å². The second-order valence-corrected chi connectivity index (χ2v) is 6.43. The molecule has 0 unspecified atom stereocenters.